The molecule has 1 aliphatic heterocycles. The van der Waals surface area contributed by atoms with Crippen LogP contribution >= 0.6 is 11.8 Å². The molecule has 2 rings (SSSR count). The summed E-state index contributed by atoms with van der Waals surface area (Å²) >= 11 is 1.35. The fourth-order valence-electron chi connectivity index (χ4n) is 2.65. The van der Waals surface area contributed by atoms with E-state index >= 15 is 0 Å². The number of hydrogen-bond donors (Lipinski definition) is 0. The molecule has 1 heterocycles. The Morgan fingerprint density at radius 1 is 1.15 bits per heavy atom. The fraction of sp³-hybridized carbons (Fsp3) is 0.579. The zero-order chi connectivity index (χ0) is 18.9. The molecule has 0 N–H and O–H groups in total. The number of halogens is 1. The normalized spacial score (nSPS) is 15.1. The highest BCUT2D eigenvalue weighted by atomic mass is 32.2. The lowest BCUT2D eigenvalue weighted by Crippen LogP contribution is -2.38. The van der Waals surface area contributed by atoms with E-state index in [2.05, 4.69) is 0 Å². The molecular weight excluding hydrogens is 355 g/mol. The highest BCUT2D eigenvalue weighted by molar-refractivity contribution is 7.99. The third-order valence-electron chi connectivity index (χ3n) is 4.06. The molecule has 0 aromatic heterocycles. The number of hydrogen-bond acceptors (Lipinski definition) is 4. The van der Waals surface area contributed by atoms with Gasteiger partial charge in [-0.15, -0.1) is 11.8 Å². The standard InChI is InChI=1S/C19H27FN2O3S/c1-15(2)14-25-19(24)22-10-5-9-21(11-12-22)18(23)8-13-26-17-7-4-3-6-16(17)20/h3-4,6-7,15H,5,8-14H2,1-2H3. The Labute approximate surface area is 158 Å². The zero-order valence-electron chi connectivity index (χ0n) is 15.4. The molecule has 0 radical (unpaired) electrons. The quantitative estimate of drug-likeness (QED) is 0.705. The lowest BCUT2D eigenvalue weighted by atomic mass is 10.2. The van der Waals surface area contributed by atoms with Gasteiger partial charge < -0.3 is 14.5 Å². The van der Waals surface area contributed by atoms with Crippen LogP contribution in [0.4, 0.5) is 9.18 Å². The van der Waals surface area contributed by atoms with Crippen molar-refractivity contribution >= 4 is 23.8 Å². The van der Waals surface area contributed by atoms with E-state index in [0.717, 1.165) is 6.42 Å². The molecule has 2 amide bonds. The number of carbonyl (C=O) groups excluding carboxylic acids is 2. The third-order valence-corrected chi connectivity index (χ3v) is 5.11. The molecule has 1 aromatic rings. The van der Waals surface area contributed by atoms with Crippen LogP contribution in [0.5, 0.6) is 0 Å². The molecule has 0 unspecified atom stereocenters. The Kier molecular flexibility index (Phi) is 8.22. The Morgan fingerprint density at radius 2 is 1.85 bits per heavy atom. The van der Waals surface area contributed by atoms with Crippen LogP contribution in [0.15, 0.2) is 29.2 Å². The maximum atomic E-state index is 13.6. The molecule has 144 valence electrons. The number of carbonyl (C=O) groups is 2. The van der Waals surface area contributed by atoms with Gasteiger partial charge in [0.15, 0.2) is 0 Å². The molecule has 1 saturated heterocycles. The van der Waals surface area contributed by atoms with Gasteiger partial charge in [-0.05, 0) is 24.5 Å². The van der Waals surface area contributed by atoms with E-state index in [-0.39, 0.29) is 17.8 Å². The maximum absolute atomic E-state index is 13.6. The molecular formula is C19H27FN2O3S. The van der Waals surface area contributed by atoms with E-state index < -0.39 is 0 Å². The molecule has 0 aliphatic carbocycles. The number of amides is 2. The van der Waals surface area contributed by atoms with Crippen LogP contribution in [-0.2, 0) is 9.53 Å². The van der Waals surface area contributed by atoms with Crippen LogP contribution in [0.3, 0.4) is 0 Å². The van der Waals surface area contributed by atoms with Gasteiger partial charge in [0, 0.05) is 43.2 Å². The number of benzene rings is 1. The van der Waals surface area contributed by atoms with E-state index in [1.54, 1.807) is 28.0 Å². The summed E-state index contributed by atoms with van der Waals surface area (Å²) in [6, 6.07) is 6.58. The summed E-state index contributed by atoms with van der Waals surface area (Å²) in [6.45, 7) is 6.64. The second kappa shape index (κ2) is 10.4. The smallest absolute Gasteiger partial charge is 0.409 e. The van der Waals surface area contributed by atoms with E-state index in [9.17, 15) is 14.0 Å². The minimum Gasteiger partial charge on any atom is -0.449 e. The monoisotopic (exact) mass is 382 g/mol. The van der Waals surface area contributed by atoms with Crippen LogP contribution in [0.25, 0.3) is 0 Å². The Hall–Kier alpha value is -1.76. The second-order valence-corrected chi connectivity index (χ2v) is 7.86. The molecule has 1 fully saturated rings. The Morgan fingerprint density at radius 3 is 2.58 bits per heavy atom. The number of thioether (sulfide) groups is 1. The van der Waals surface area contributed by atoms with Crippen LogP contribution in [0.1, 0.15) is 26.7 Å². The summed E-state index contributed by atoms with van der Waals surface area (Å²) in [6.07, 6.45) is 0.794. The number of rotatable bonds is 6. The minimum absolute atomic E-state index is 0.0474. The molecule has 0 atom stereocenters. The first-order valence-electron chi connectivity index (χ1n) is 9.04. The number of nitrogens with zero attached hydrogens (tertiary/aromatic N) is 2. The highest BCUT2D eigenvalue weighted by Gasteiger charge is 2.22. The molecule has 1 aliphatic rings. The molecule has 0 saturated carbocycles. The van der Waals surface area contributed by atoms with Crippen molar-refractivity contribution in [2.75, 3.05) is 38.5 Å². The van der Waals surface area contributed by atoms with Gasteiger partial charge in [0.1, 0.15) is 5.82 Å². The van der Waals surface area contributed by atoms with Crippen LogP contribution in [0.2, 0.25) is 0 Å². The van der Waals surface area contributed by atoms with Gasteiger partial charge in [0.05, 0.1) is 6.61 Å². The van der Waals surface area contributed by atoms with Crippen molar-refractivity contribution in [1.82, 2.24) is 9.80 Å². The summed E-state index contributed by atoms with van der Waals surface area (Å²) < 4.78 is 18.9. The highest BCUT2D eigenvalue weighted by Crippen LogP contribution is 2.22. The van der Waals surface area contributed by atoms with Gasteiger partial charge in [0.2, 0.25) is 5.91 Å². The van der Waals surface area contributed by atoms with Crippen molar-refractivity contribution in [1.29, 1.82) is 0 Å². The van der Waals surface area contributed by atoms with Crippen LogP contribution in [0, 0.1) is 11.7 Å². The van der Waals surface area contributed by atoms with Crippen molar-refractivity contribution in [3.63, 3.8) is 0 Å². The van der Waals surface area contributed by atoms with Crippen molar-refractivity contribution in [3.8, 4) is 0 Å². The van der Waals surface area contributed by atoms with E-state index in [1.165, 1.54) is 17.8 Å². The zero-order valence-corrected chi connectivity index (χ0v) is 16.3. The summed E-state index contributed by atoms with van der Waals surface area (Å²) in [5, 5.41) is 0. The summed E-state index contributed by atoms with van der Waals surface area (Å²) in [5.41, 5.74) is 0. The van der Waals surface area contributed by atoms with E-state index in [0.29, 0.717) is 55.8 Å². The Balaban J connectivity index is 1.74. The van der Waals surface area contributed by atoms with Gasteiger partial charge in [-0.1, -0.05) is 26.0 Å². The van der Waals surface area contributed by atoms with Gasteiger partial charge in [0.25, 0.3) is 0 Å². The van der Waals surface area contributed by atoms with Crippen LogP contribution in [-0.4, -0.2) is 60.3 Å². The largest absolute Gasteiger partial charge is 0.449 e. The molecule has 0 bridgehead atoms. The van der Waals surface area contributed by atoms with Gasteiger partial charge in [-0.2, -0.15) is 0 Å². The van der Waals surface area contributed by atoms with E-state index in [1.807, 2.05) is 13.8 Å². The fourth-order valence-corrected chi connectivity index (χ4v) is 3.52. The lowest BCUT2D eigenvalue weighted by Gasteiger charge is -2.22. The molecule has 5 nitrogen and oxygen atoms in total. The number of ether oxygens (including phenoxy) is 1. The minimum atomic E-state index is -0.303. The first-order chi connectivity index (χ1) is 12.5. The first kappa shape index (κ1) is 20.6. The summed E-state index contributed by atoms with van der Waals surface area (Å²) in [4.78, 5) is 28.5. The van der Waals surface area contributed by atoms with Crippen molar-refractivity contribution in [3.05, 3.63) is 30.1 Å². The Bertz CT molecular complexity index is 612. The average Bonchev–Trinajstić information content (AvgIpc) is 2.87. The molecule has 0 spiro atoms. The lowest BCUT2D eigenvalue weighted by molar-refractivity contribution is -0.130. The van der Waals surface area contributed by atoms with Gasteiger partial charge >= 0.3 is 6.09 Å². The van der Waals surface area contributed by atoms with Crippen LogP contribution < -0.4 is 0 Å². The SMILES string of the molecule is CC(C)COC(=O)N1CCCN(C(=O)CCSc2ccccc2F)CC1. The van der Waals surface area contributed by atoms with Crippen molar-refractivity contribution in [2.45, 2.75) is 31.6 Å². The second-order valence-electron chi connectivity index (χ2n) is 6.72. The molecule has 1 aromatic carbocycles. The summed E-state index contributed by atoms with van der Waals surface area (Å²) in [7, 11) is 0. The van der Waals surface area contributed by atoms with Gasteiger partial charge in [-0.25, -0.2) is 9.18 Å². The van der Waals surface area contributed by atoms with Crippen molar-refractivity contribution in [2.24, 2.45) is 5.92 Å². The third kappa shape index (κ3) is 6.52. The van der Waals surface area contributed by atoms with E-state index in [4.69, 9.17) is 4.74 Å². The topological polar surface area (TPSA) is 49.9 Å². The first-order valence-corrected chi connectivity index (χ1v) is 10.0. The van der Waals surface area contributed by atoms with Gasteiger partial charge in [-0.3, -0.25) is 4.79 Å². The van der Waals surface area contributed by atoms with Crippen molar-refractivity contribution < 1.29 is 18.7 Å². The maximum Gasteiger partial charge on any atom is 0.409 e. The predicted octanol–water partition coefficient (Wildman–Crippen LogP) is 3.63. The molecule has 26 heavy (non-hydrogen) atoms. The predicted molar refractivity (Wildman–Crippen MR) is 101 cm³/mol. The summed E-state index contributed by atoms with van der Waals surface area (Å²) in [5.74, 6) is 0.633. The average molecular weight is 383 g/mol. The molecule has 7 heteroatoms.